The first-order valence-corrected chi connectivity index (χ1v) is 5.28. The number of rotatable bonds is 2. The van der Waals surface area contributed by atoms with E-state index in [9.17, 15) is 9.18 Å². The molecule has 1 rings (SSSR count). The number of carbonyl (C=O) groups excluding carboxylic acids is 1. The molecule has 1 fully saturated rings. The van der Waals surface area contributed by atoms with Gasteiger partial charge in [-0.1, -0.05) is 13.8 Å². The summed E-state index contributed by atoms with van der Waals surface area (Å²) in [5.74, 6) is 0.120. The second-order valence-corrected chi connectivity index (χ2v) is 3.04. The molecule has 84 valence electrons. The standard InChI is InChI=1S/C8H15FN2O.C2H6/c1-8(12)11-6-4-10(3-2-9)5-7-11;1-2/h2-7H2,1H3;1-2H3. The molecule has 0 unspecified atom stereocenters. The minimum atomic E-state index is -0.292. The molecule has 4 heteroatoms. The van der Waals surface area contributed by atoms with Gasteiger partial charge in [-0.15, -0.1) is 0 Å². The molecule has 3 nitrogen and oxygen atoms in total. The number of piperazine rings is 1. The molecule has 0 aromatic heterocycles. The molecule has 0 bridgehead atoms. The van der Waals surface area contributed by atoms with Gasteiger partial charge < -0.3 is 4.90 Å². The summed E-state index contributed by atoms with van der Waals surface area (Å²) in [5, 5.41) is 0. The van der Waals surface area contributed by atoms with Gasteiger partial charge in [0.1, 0.15) is 6.67 Å². The van der Waals surface area contributed by atoms with Crippen LogP contribution < -0.4 is 0 Å². The molecule has 0 aliphatic carbocycles. The first kappa shape index (κ1) is 13.4. The van der Waals surface area contributed by atoms with Gasteiger partial charge in [-0.25, -0.2) is 4.39 Å². The minimum absolute atomic E-state index is 0.120. The Morgan fingerprint density at radius 2 is 1.71 bits per heavy atom. The quantitative estimate of drug-likeness (QED) is 0.673. The van der Waals surface area contributed by atoms with Crippen LogP contribution in [0.4, 0.5) is 4.39 Å². The van der Waals surface area contributed by atoms with Crippen LogP contribution in [0.5, 0.6) is 0 Å². The number of nitrogens with zero attached hydrogens (tertiary/aromatic N) is 2. The fraction of sp³-hybridized carbons (Fsp3) is 0.900. The molecule has 0 spiro atoms. The fourth-order valence-corrected chi connectivity index (χ4v) is 1.41. The average Bonchev–Trinajstić information content (AvgIpc) is 2.22. The van der Waals surface area contributed by atoms with Gasteiger partial charge in [0.25, 0.3) is 0 Å². The van der Waals surface area contributed by atoms with Crippen LogP contribution in [0.15, 0.2) is 0 Å². The Morgan fingerprint density at radius 3 is 2.07 bits per heavy atom. The van der Waals surface area contributed by atoms with Crippen molar-refractivity contribution in [1.29, 1.82) is 0 Å². The van der Waals surface area contributed by atoms with E-state index in [1.807, 2.05) is 18.7 Å². The number of amides is 1. The molecular weight excluding hydrogens is 183 g/mol. The van der Waals surface area contributed by atoms with Gasteiger partial charge in [0.05, 0.1) is 0 Å². The molecule has 0 aromatic carbocycles. The molecule has 0 N–H and O–H groups in total. The predicted octanol–water partition coefficient (Wildman–Crippen LogP) is 1.15. The van der Waals surface area contributed by atoms with Crippen LogP contribution in [-0.2, 0) is 4.79 Å². The van der Waals surface area contributed by atoms with E-state index >= 15 is 0 Å². The lowest BCUT2D eigenvalue weighted by atomic mass is 10.3. The van der Waals surface area contributed by atoms with E-state index < -0.39 is 0 Å². The van der Waals surface area contributed by atoms with Crippen LogP contribution in [0, 0.1) is 0 Å². The van der Waals surface area contributed by atoms with Gasteiger partial charge >= 0.3 is 0 Å². The van der Waals surface area contributed by atoms with Crippen LogP contribution in [0.1, 0.15) is 20.8 Å². The summed E-state index contributed by atoms with van der Waals surface area (Å²) in [7, 11) is 0. The Labute approximate surface area is 85.9 Å². The van der Waals surface area contributed by atoms with Crippen molar-refractivity contribution < 1.29 is 9.18 Å². The summed E-state index contributed by atoms with van der Waals surface area (Å²) in [4.78, 5) is 14.7. The summed E-state index contributed by atoms with van der Waals surface area (Å²) in [5.41, 5.74) is 0. The van der Waals surface area contributed by atoms with Crippen molar-refractivity contribution in [3.8, 4) is 0 Å². The summed E-state index contributed by atoms with van der Waals surface area (Å²) in [6, 6.07) is 0. The third-order valence-corrected chi connectivity index (χ3v) is 2.22. The number of alkyl halides is 1. The highest BCUT2D eigenvalue weighted by molar-refractivity contribution is 5.73. The molecule has 14 heavy (non-hydrogen) atoms. The highest BCUT2D eigenvalue weighted by Gasteiger charge is 2.17. The van der Waals surface area contributed by atoms with Gasteiger partial charge in [0.2, 0.25) is 5.91 Å². The minimum Gasteiger partial charge on any atom is -0.340 e. The van der Waals surface area contributed by atoms with Crippen molar-refractivity contribution in [3.63, 3.8) is 0 Å². The van der Waals surface area contributed by atoms with Crippen molar-refractivity contribution in [3.05, 3.63) is 0 Å². The Balaban J connectivity index is 0.000000791. The molecule has 0 aromatic rings. The Kier molecular flexibility index (Phi) is 7.38. The Hall–Kier alpha value is -0.640. The van der Waals surface area contributed by atoms with E-state index in [0.29, 0.717) is 6.54 Å². The van der Waals surface area contributed by atoms with E-state index in [0.717, 1.165) is 26.2 Å². The van der Waals surface area contributed by atoms with Crippen LogP contribution in [0.2, 0.25) is 0 Å². The van der Waals surface area contributed by atoms with Gasteiger partial charge in [-0.2, -0.15) is 0 Å². The number of hydrogen-bond donors (Lipinski definition) is 0. The topological polar surface area (TPSA) is 23.6 Å². The third kappa shape index (κ3) is 4.56. The van der Waals surface area contributed by atoms with E-state index in [4.69, 9.17) is 0 Å². The fourth-order valence-electron chi connectivity index (χ4n) is 1.41. The largest absolute Gasteiger partial charge is 0.340 e. The first-order chi connectivity index (χ1) is 6.74. The van der Waals surface area contributed by atoms with Gasteiger partial charge in [0, 0.05) is 39.6 Å². The number of hydrogen-bond acceptors (Lipinski definition) is 2. The molecule has 0 atom stereocenters. The lowest BCUT2D eigenvalue weighted by Gasteiger charge is -2.33. The zero-order valence-corrected chi connectivity index (χ0v) is 9.42. The molecule has 0 radical (unpaired) electrons. The molecule has 1 aliphatic heterocycles. The van der Waals surface area contributed by atoms with Crippen LogP contribution in [0.3, 0.4) is 0 Å². The Bertz CT molecular complexity index is 156. The highest BCUT2D eigenvalue weighted by atomic mass is 19.1. The van der Waals surface area contributed by atoms with E-state index in [1.54, 1.807) is 11.8 Å². The van der Waals surface area contributed by atoms with Gasteiger partial charge in [-0.3, -0.25) is 9.69 Å². The van der Waals surface area contributed by atoms with E-state index in [-0.39, 0.29) is 12.6 Å². The second-order valence-electron chi connectivity index (χ2n) is 3.04. The smallest absolute Gasteiger partial charge is 0.219 e. The molecule has 0 saturated carbocycles. The van der Waals surface area contributed by atoms with Crippen LogP contribution >= 0.6 is 0 Å². The van der Waals surface area contributed by atoms with Crippen LogP contribution in [0.25, 0.3) is 0 Å². The molecule has 1 amide bonds. The highest BCUT2D eigenvalue weighted by Crippen LogP contribution is 2.01. The SMILES string of the molecule is CC.CC(=O)N1CCN(CCF)CC1. The molecular formula is C10H21FN2O. The van der Waals surface area contributed by atoms with Crippen molar-refractivity contribution in [1.82, 2.24) is 9.80 Å². The summed E-state index contributed by atoms with van der Waals surface area (Å²) >= 11 is 0. The maximum atomic E-state index is 11.9. The number of carbonyl (C=O) groups is 1. The summed E-state index contributed by atoms with van der Waals surface area (Å²) in [6.45, 7) is 8.90. The maximum Gasteiger partial charge on any atom is 0.219 e. The molecule has 1 heterocycles. The van der Waals surface area contributed by atoms with Crippen LogP contribution in [-0.4, -0.2) is 55.1 Å². The maximum absolute atomic E-state index is 11.9. The lowest BCUT2D eigenvalue weighted by Crippen LogP contribution is -2.48. The molecule has 1 saturated heterocycles. The predicted molar refractivity (Wildman–Crippen MR) is 56.0 cm³/mol. The zero-order valence-electron chi connectivity index (χ0n) is 9.42. The summed E-state index contributed by atoms with van der Waals surface area (Å²) in [6.07, 6.45) is 0. The van der Waals surface area contributed by atoms with Gasteiger partial charge in [0.15, 0.2) is 0 Å². The average molecular weight is 204 g/mol. The monoisotopic (exact) mass is 204 g/mol. The third-order valence-electron chi connectivity index (χ3n) is 2.22. The number of halogens is 1. The van der Waals surface area contributed by atoms with Crippen molar-refractivity contribution in [2.75, 3.05) is 39.4 Å². The summed E-state index contributed by atoms with van der Waals surface area (Å²) < 4.78 is 11.9. The van der Waals surface area contributed by atoms with E-state index in [1.165, 1.54) is 0 Å². The van der Waals surface area contributed by atoms with Crippen molar-refractivity contribution in [2.24, 2.45) is 0 Å². The Morgan fingerprint density at radius 1 is 1.21 bits per heavy atom. The lowest BCUT2D eigenvalue weighted by molar-refractivity contribution is -0.130. The zero-order chi connectivity index (χ0) is 11.0. The molecule has 1 aliphatic rings. The van der Waals surface area contributed by atoms with Gasteiger partial charge in [-0.05, 0) is 0 Å². The normalized spacial score (nSPS) is 17.3. The second kappa shape index (κ2) is 7.74. The van der Waals surface area contributed by atoms with E-state index in [2.05, 4.69) is 0 Å². The first-order valence-electron chi connectivity index (χ1n) is 5.28. The van der Waals surface area contributed by atoms with Crippen molar-refractivity contribution >= 4 is 5.91 Å². The van der Waals surface area contributed by atoms with Crippen molar-refractivity contribution in [2.45, 2.75) is 20.8 Å².